The third kappa shape index (κ3) is 1410. The molecule has 0 saturated heterocycles. The van der Waals surface area contributed by atoms with E-state index >= 15 is 0 Å². The molecule has 0 aromatic heterocycles. The predicted octanol–water partition coefficient (Wildman–Crippen LogP) is -15.2. The van der Waals surface area contributed by atoms with E-state index in [4.69, 9.17) is 71.7 Å². The molecule has 0 N–H and O–H groups in total. The largest absolute Gasteiger partial charge is 3.00 e. The zero-order valence-electron chi connectivity index (χ0n) is 13.7. The van der Waals surface area contributed by atoms with Gasteiger partial charge in [0.05, 0.1) is 0 Å². The third-order valence-corrected chi connectivity index (χ3v) is 0. The van der Waals surface area contributed by atoms with E-state index in [2.05, 4.69) is 0 Å². The van der Waals surface area contributed by atoms with Crippen molar-refractivity contribution >= 4 is 139 Å². The molecule has 1 radical (unpaired) electrons. The Bertz CT molecular complexity index is 197. The van der Waals surface area contributed by atoms with Crippen molar-refractivity contribution in [3.63, 3.8) is 0 Å². The zero-order chi connectivity index (χ0) is 24.4. The Kier molecular flexibility index (Phi) is 485. The van der Waals surface area contributed by atoms with E-state index in [0.29, 0.717) is 0 Å². The van der Waals surface area contributed by atoms with Crippen LogP contribution in [0.4, 0.5) is 0 Å². The van der Waals surface area contributed by atoms with Crippen molar-refractivity contribution in [2.75, 3.05) is 0 Å². The van der Waals surface area contributed by atoms with Gasteiger partial charge in [-0.15, -0.1) is 0 Å². The van der Waals surface area contributed by atoms with Gasteiger partial charge in [0.25, 0.3) is 0 Å². The van der Waals surface area contributed by atoms with Crippen molar-refractivity contribution in [2.24, 2.45) is 0 Å². The quantitative estimate of drug-likeness (QED) is 0.203. The van der Waals surface area contributed by atoms with Crippen LogP contribution in [0.15, 0.2) is 0 Å². The normalized spacial score (nSPS) is 2.40. The first-order chi connectivity index (χ1) is 12.7. The molecule has 18 nitrogen and oxygen atoms in total. The van der Waals surface area contributed by atoms with Crippen LogP contribution in [0.25, 0.3) is 0 Å². The summed E-state index contributed by atoms with van der Waals surface area (Å²) in [6.07, 6.45) is 0. The number of rotatable bonds is 0. The van der Waals surface area contributed by atoms with Crippen LogP contribution in [0.1, 0.15) is 0 Å². The minimum Gasteiger partial charge on any atom is 3.00 e. The first kappa shape index (κ1) is 76.5. The Morgan fingerprint density at radius 3 is 0.300 bits per heavy atom. The van der Waals surface area contributed by atoms with Gasteiger partial charge in [-0.2, -0.15) is 0 Å². The van der Waals surface area contributed by atoms with Crippen LogP contribution in [-0.4, -0.2) is 139 Å². The molecule has 0 atom stereocenters. The fraction of sp³-hybridized carbons (Fsp3) is 0. The topological polar surface area (TPSA) is 361 Å². The summed E-state index contributed by atoms with van der Waals surface area (Å²) in [4.78, 5) is 0. The van der Waals surface area contributed by atoms with Crippen molar-refractivity contribution in [3.05, 3.63) is 0 Å². The molecule has 0 aliphatic carbocycles. The summed E-state index contributed by atoms with van der Waals surface area (Å²) in [6.45, 7) is 0. The van der Waals surface area contributed by atoms with Gasteiger partial charge in [0.1, 0.15) is 0 Å². The van der Waals surface area contributed by atoms with E-state index in [-0.39, 0.29) is 110 Å². The standard InChI is InChI=1S/9Al.Gd.Lu.18O.Y/q;;;;;;;;;2*+3;;;;;;;;;;9*-1;+3. The van der Waals surface area contributed by atoms with Gasteiger partial charge >= 0.3 is 321 Å². The molecule has 0 saturated carbocycles. The molecule has 0 aliphatic heterocycles. The van der Waals surface area contributed by atoms with Crippen LogP contribution < -0.4 is 37.4 Å². The Morgan fingerprint density at radius 1 is 0.300 bits per heavy atom. The summed E-state index contributed by atoms with van der Waals surface area (Å²) in [5.41, 5.74) is 0. The minimum atomic E-state index is -1.75. The Balaban J connectivity index is -0.0000000120. The second kappa shape index (κ2) is 190. The fourth-order valence-corrected chi connectivity index (χ4v) is 0. The Labute approximate surface area is 313 Å². The van der Waals surface area contributed by atoms with E-state index in [9.17, 15) is 0 Å². The molecule has 30 heteroatoms. The summed E-state index contributed by atoms with van der Waals surface area (Å²) in [5.74, 6) is 0. The van der Waals surface area contributed by atoms with Gasteiger partial charge < -0.3 is 0 Å². The fourth-order valence-electron chi connectivity index (χ4n) is 0. The van der Waals surface area contributed by atoms with E-state index in [0.717, 1.165) is 0 Å². The average molecular weight is 952 g/mol. The first-order valence-corrected chi connectivity index (χ1v) is 12.7. The summed E-state index contributed by atoms with van der Waals surface area (Å²) in [5, 5.41) is 0. The Hall–Kier alpha value is 4.85. The number of hydrogen-bond acceptors (Lipinski definition) is 18. The molecule has 0 amide bonds. The van der Waals surface area contributed by atoms with Crippen molar-refractivity contribution in [1.29, 1.82) is 0 Å². The smallest absolute Gasteiger partial charge is 3.00 e. The van der Waals surface area contributed by atoms with Crippen LogP contribution in [0.2, 0.25) is 0 Å². The number of hydrogen-bond donors (Lipinski definition) is 0. The molecular formula is Al9GdLuO18Y. The van der Waals surface area contributed by atoms with Crippen LogP contribution in [0.3, 0.4) is 0 Å². The third-order valence-electron chi connectivity index (χ3n) is 0. The van der Waals surface area contributed by atoms with Gasteiger partial charge in [-0.3, -0.25) is 0 Å². The summed E-state index contributed by atoms with van der Waals surface area (Å²) in [6, 6.07) is 0. The van der Waals surface area contributed by atoms with Gasteiger partial charge in [-0.25, -0.2) is 0 Å². The second-order valence-electron chi connectivity index (χ2n) is 0.866. The molecule has 0 aromatic rings. The predicted molar refractivity (Wildman–Crippen MR) is 58.0 cm³/mol. The molecule has 0 unspecified atom stereocenters. The molecule has 0 rings (SSSR count). The maximum Gasteiger partial charge on any atom is 3.00 e. The molecule has 0 heterocycles. The van der Waals surface area contributed by atoms with Gasteiger partial charge in [-0.05, 0) is 0 Å². The first-order valence-electron chi connectivity index (χ1n) is 4.24. The van der Waals surface area contributed by atoms with Crippen LogP contribution in [-0.2, 0) is 66.9 Å². The van der Waals surface area contributed by atoms with E-state index in [1.54, 1.807) is 0 Å². The summed E-state index contributed by atoms with van der Waals surface area (Å²) < 4.78 is 152. The van der Waals surface area contributed by atoms with Gasteiger partial charge in [-0.1, -0.05) is 0 Å². The van der Waals surface area contributed by atoms with E-state index < -0.39 is 139 Å². The molecular weight excluding hydrogens is 952 g/mol. The molecule has 0 fully saturated rings. The summed E-state index contributed by atoms with van der Waals surface area (Å²) in [7, 11) is 0. The molecule has 161 valence electrons. The molecule has 0 bridgehead atoms. The summed E-state index contributed by atoms with van der Waals surface area (Å²) >= 11 is -15.8. The SMILES string of the molecule is [Gd+3].[Lu+3].[O]=[Al][O-].[O]=[Al][O-].[O]=[Al][O-].[O]=[Al][O-].[O]=[Al][O-].[O]=[Al][O-].[O]=[Al][O-].[O]=[Al][O-].[O]=[Al][O-].[Y+3]. The average Bonchev–Trinajstić information content (AvgIpc) is 2.53. The van der Waals surface area contributed by atoms with Crippen LogP contribution >= 0.6 is 0 Å². The van der Waals surface area contributed by atoms with Gasteiger partial charge in [0.2, 0.25) is 0 Å². The zero-order valence-corrected chi connectivity index (χ0v) is 30.9. The van der Waals surface area contributed by atoms with Crippen molar-refractivity contribution in [2.45, 2.75) is 0 Å². The van der Waals surface area contributed by atoms with E-state index in [1.807, 2.05) is 0 Å². The maximum atomic E-state index is 8.46. The molecule has 30 heavy (non-hydrogen) atoms. The van der Waals surface area contributed by atoms with Crippen LogP contribution in [0, 0.1) is 76.8 Å². The second-order valence-corrected chi connectivity index (χ2v) is 2.60. The monoisotopic (exact) mass is 953 g/mol. The van der Waals surface area contributed by atoms with Gasteiger partial charge in [0, 0.05) is 0 Å². The van der Waals surface area contributed by atoms with Crippen molar-refractivity contribution < 1.29 is 181 Å². The molecule has 0 aliphatic rings. The maximum absolute atomic E-state index is 8.46. The van der Waals surface area contributed by atoms with E-state index in [1.165, 1.54) is 0 Å². The van der Waals surface area contributed by atoms with Crippen molar-refractivity contribution in [3.8, 4) is 0 Å². The van der Waals surface area contributed by atoms with Gasteiger partial charge in [0.15, 0.2) is 0 Å². The molecule has 0 spiro atoms. The molecule has 0 aromatic carbocycles. The Morgan fingerprint density at radius 2 is 0.300 bits per heavy atom. The van der Waals surface area contributed by atoms with Crippen LogP contribution in [0.5, 0.6) is 0 Å². The minimum absolute atomic E-state index is 0. The van der Waals surface area contributed by atoms with Crippen molar-refractivity contribution in [1.82, 2.24) is 0 Å².